The Morgan fingerprint density at radius 1 is 0.943 bits per heavy atom. The molecule has 3 aromatic rings. The molecule has 1 aliphatic rings. The number of rotatable bonds is 7. The molecule has 3 aromatic carbocycles. The summed E-state index contributed by atoms with van der Waals surface area (Å²) in [5, 5.41) is 17.5. The van der Waals surface area contributed by atoms with E-state index in [-0.39, 0.29) is 28.2 Å². The number of halogens is 2. The van der Waals surface area contributed by atoms with E-state index in [1.807, 2.05) is 54.6 Å². The lowest BCUT2D eigenvalue weighted by Gasteiger charge is -2.19. The van der Waals surface area contributed by atoms with Crippen LogP contribution < -0.4 is 16.0 Å². The van der Waals surface area contributed by atoms with Crippen molar-refractivity contribution in [2.24, 2.45) is 0 Å². The number of nitrogens with one attached hydrogen (secondary N) is 3. The van der Waals surface area contributed by atoms with Crippen LogP contribution in [0.1, 0.15) is 33.9 Å². The molecule has 9 heteroatoms. The normalized spacial score (nSPS) is 15.1. The first-order chi connectivity index (χ1) is 16.8. The number of amides is 3. The highest BCUT2D eigenvalue weighted by molar-refractivity contribution is 6.40. The summed E-state index contributed by atoms with van der Waals surface area (Å²) >= 11 is 12.7. The van der Waals surface area contributed by atoms with Crippen molar-refractivity contribution in [3.63, 3.8) is 0 Å². The van der Waals surface area contributed by atoms with Crippen LogP contribution in [0, 0.1) is 0 Å². The van der Waals surface area contributed by atoms with Crippen molar-refractivity contribution in [1.29, 1.82) is 0 Å². The molecule has 2 atom stereocenters. The summed E-state index contributed by atoms with van der Waals surface area (Å²) in [5.74, 6) is -2.06. The fraction of sp³-hybridized carbons (Fsp3) is 0.192. The molecule has 0 spiro atoms. The summed E-state index contributed by atoms with van der Waals surface area (Å²) in [6.07, 6.45) is 1.63. The van der Waals surface area contributed by atoms with Gasteiger partial charge in [0.1, 0.15) is 6.04 Å². The second-order valence-corrected chi connectivity index (χ2v) is 9.00. The van der Waals surface area contributed by atoms with Crippen LogP contribution in [0.4, 0.5) is 4.79 Å². The van der Waals surface area contributed by atoms with Gasteiger partial charge in [-0.3, -0.25) is 4.79 Å². The van der Waals surface area contributed by atoms with Crippen molar-refractivity contribution < 1.29 is 19.5 Å². The molecule has 0 unspecified atom stereocenters. The number of urea groups is 1. The van der Waals surface area contributed by atoms with Crippen LogP contribution in [0.25, 0.3) is 11.1 Å². The summed E-state index contributed by atoms with van der Waals surface area (Å²) in [6, 6.07) is 18.4. The van der Waals surface area contributed by atoms with E-state index in [0.717, 1.165) is 29.5 Å². The van der Waals surface area contributed by atoms with E-state index in [9.17, 15) is 19.5 Å². The third-order valence-electron chi connectivity index (χ3n) is 5.88. The molecule has 0 saturated heterocycles. The molecule has 35 heavy (non-hydrogen) atoms. The van der Waals surface area contributed by atoms with Crippen LogP contribution >= 0.6 is 23.2 Å². The number of carbonyl (C=O) groups excluding carboxylic acids is 2. The van der Waals surface area contributed by atoms with Gasteiger partial charge in [-0.2, -0.15) is 0 Å². The van der Waals surface area contributed by atoms with E-state index in [4.69, 9.17) is 23.2 Å². The van der Waals surface area contributed by atoms with E-state index in [2.05, 4.69) is 16.0 Å². The second-order valence-electron chi connectivity index (χ2n) is 8.19. The molecular weight excluding hydrogens is 489 g/mol. The molecule has 180 valence electrons. The monoisotopic (exact) mass is 511 g/mol. The lowest BCUT2D eigenvalue weighted by atomic mass is 10.0. The summed E-state index contributed by atoms with van der Waals surface area (Å²) in [4.78, 5) is 37.0. The van der Waals surface area contributed by atoms with Gasteiger partial charge in [0.25, 0.3) is 5.91 Å². The van der Waals surface area contributed by atoms with Gasteiger partial charge in [-0.1, -0.05) is 77.8 Å². The number of aliphatic carboxylic acids is 1. The van der Waals surface area contributed by atoms with Gasteiger partial charge in [-0.25, -0.2) is 9.59 Å². The minimum Gasteiger partial charge on any atom is -0.480 e. The molecule has 0 saturated carbocycles. The molecular formula is C26H23Cl2N3O4. The van der Waals surface area contributed by atoms with Crippen molar-refractivity contribution >= 4 is 41.1 Å². The van der Waals surface area contributed by atoms with Crippen LogP contribution in [-0.2, 0) is 11.2 Å². The number of carboxylic acids is 1. The SMILES string of the molecule is O=C(NC[C@H](NC(=O)c1c(Cl)cc(-c2ccccc2)cc1Cl)C(=O)O)N[C@@H]1CCc2ccccc21. The van der Waals surface area contributed by atoms with Crippen molar-refractivity contribution in [2.75, 3.05) is 6.54 Å². The summed E-state index contributed by atoms with van der Waals surface area (Å²) in [5.41, 5.74) is 3.78. The van der Waals surface area contributed by atoms with E-state index in [1.165, 1.54) is 5.56 Å². The fourth-order valence-corrected chi connectivity index (χ4v) is 4.79. The first kappa shape index (κ1) is 24.6. The van der Waals surface area contributed by atoms with Gasteiger partial charge in [-0.15, -0.1) is 0 Å². The van der Waals surface area contributed by atoms with Gasteiger partial charge in [0.2, 0.25) is 0 Å². The van der Waals surface area contributed by atoms with Gasteiger partial charge >= 0.3 is 12.0 Å². The van der Waals surface area contributed by atoms with Gasteiger partial charge in [-0.05, 0) is 47.2 Å². The van der Waals surface area contributed by atoms with Gasteiger partial charge in [0.05, 0.1) is 28.2 Å². The number of hydrogen-bond donors (Lipinski definition) is 4. The number of aryl methyl sites for hydroxylation is 1. The van der Waals surface area contributed by atoms with Gasteiger partial charge < -0.3 is 21.1 Å². The maximum Gasteiger partial charge on any atom is 0.328 e. The Hall–Kier alpha value is -3.55. The zero-order valence-electron chi connectivity index (χ0n) is 18.6. The Balaban J connectivity index is 1.39. The highest BCUT2D eigenvalue weighted by Gasteiger charge is 2.26. The quantitative estimate of drug-likeness (QED) is 0.364. The molecule has 0 bridgehead atoms. The molecule has 7 nitrogen and oxygen atoms in total. The molecule has 0 aliphatic heterocycles. The average Bonchev–Trinajstić information content (AvgIpc) is 3.24. The minimum atomic E-state index is -1.38. The van der Waals surface area contributed by atoms with E-state index < -0.39 is 23.9 Å². The summed E-state index contributed by atoms with van der Waals surface area (Å²) in [6.45, 7) is -0.321. The Labute approximate surface area is 212 Å². The van der Waals surface area contributed by atoms with Gasteiger partial charge in [0, 0.05) is 0 Å². The van der Waals surface area contributed by atoms with E-state index in [1.54, 1.807) is 12.1 Å². The molecule has 4 N–H and O–H groups in total. The average molecular weight is 512 g/mol. The largest absolute Gasteiger partial charge is 0.480 e. The molecule has 0 fully saturated rings. The molecule has 4 rings (SSSR count). The fourth-order valence-electron chi connectivity index (χ4n) is 4.13. The van der Waals surface area contributed by atoms with Crippen LogP contribution in [0.5, 0.6) is 0 Å². The molecule has 0 heterocycles. The maximum atomic E-state index is 12.8. The standard InChI is InChI=1S/C26H23Cl2N3O4/c27-19-12-17(15-6-2-1-3-7-15)13-20(28)23(19)24(32)30-22(25(33)34)14-29-26(35)31-21-11-10-16-8-4-5-9-18(16)21/h1-9,12-13,21-22H,10-11,14H2,(H,30,32)(H,33,34)(H2,29,31,35)/t21-,22+/m1/s1. The molecule has 3 amide bonds. The smallest absolute Gasteiger partial charge is 0.328 e. The van der Waals surface area contributed by atoms with Crippen molar-refractivity contribution in [2.45, 2.75) is 24.9 Å². The predicted molar refractivity (Wildman–Crippen MR) is 135 cm³/mol. The first-order valence-corrected chi connectivity index (χ1v) is 11.8. The van der Waals surface area contributed by atoms with Crippen LogP contribution in [0.2, 0.25) is 10.0 Å². The van der Waals surface area contributed by atoms with Crippen molar-refractivity contribution in [3.05, 3.63) is 93.5 Å². The molecule has 0 radical (unpaired) electrons. The summed E-state index contributed by atoms with van der Waals surface area (Å²) in [7, 11) is 0. The topological polar surface area (TPSA) is 108 Å². The van der Waals surface area contributed by atoms with Crippen LogP contribution in [0.3, 0.4) is 0 Å². The third kappa shape index (κ3) is 5.75. The first-order valence-electron chi connectivity index (χ1n) is 11.0. The van der Waals surface area contributed by atoms with Crippen LogP contribution in [-0.4, -0.2) is 35.6 Å². The maximum absolute atomic E-state index is 12.8. The number of hydrogen-bond acceptors (Lipinski definition) is 3. The highest BCUT2D eigenvalue weighted by Crippen LogP contribution is 2.32. The van der Waals surface area contributed by atoms with Crippen molar-refractivity contribution in [1.82, 2.24) is 16.0 Å². The number of carbonyl (C=O) groups is 3. The van der Waals surface area contributed by atoms with E-state index in [0.29, 0.717) is 0 Å². The Morgan fingerprint density at radius 3 is 2.29 bits per heavy atom. The Bertz CT molecular complexity index is 1240. The predicted octanol–water partition coefficient (Wildman–Crippen LogP) is 4.83. The Morgan fingerprint density at radius 2 is 1.60 bits per heavy atom. The number of carboxylic acid groups (broad SMARTS) is 1. The lowest BCUT2D eigenvalue weighted by Crippen LogP contribution is -2.50. The number of benzene rings is 3. The van der Waals surface area contributed by atoms with E-state index >= 15 is 0 Å². The summed E-state index contributed by atoms with van der Waals surface area (Å²) < 4.78 is 0. The molecule has 1 aliphatic carbocycles. The second kappa shape index (κ2) is 10.8. The highest BCUT2D eigenvalue weighted by atomic mass is 35.5. The lowest BCUT2D eigenvalue weighted by molar-refractivity contribution is -0.139. The van der Waals surface area contributed by atoms with Crippen molar-refractivity contribution in [3.8, 4) is 11.1 Å². The third-order valence-corrected chi connectivity index (χ3v) is 6.48. The zero-order chi connectivity index (χ0) is 24.9. The molecule has 0 aromatic heterocycles. The Kier molecular flexibility index (Phi) is 7.58. The number of fused-ring (bicyclic) bond motifs is 1. The van der Waals surface area contributed by atoms with Gasteiger partial charge in [0.15, 0.2) is 0 Å². The minimum absolute atomic E-state index is 0.0359. The van der Waals surface area contributed by atoms with Crippen LogP contribution in [0.15, 0.2) is 66.7 Å². The zero-order valence-corrected chi connectivity index (χ0v) is 20.1.